The fourth-order valence-electron chi connectivity index (χ4n) is 1.80. The molecule has 102 valence electrons. The van der Waals surface area contributed by atoms with Gasteiger partial charge >= 0.3 is 5.97 Å². The second-order valence-corrected chi connectivity index (χ2v) is 6.29. The van der Waals surface area contributed by atoms with Crippen LogP contribution in [0.3, 0.4) is 0 Å². The molecule has 1 aromatic heterocycles. The number of hydrogen-bond donors (Lipinski definition) is 2. The van der Waals surface area contributed by atoms with Crippen LogP contribution in [0.2, 0.25) is 0 Å². The van der Waals surface area contributed by atoms with Gasteiger partial charge in [-0.15, -0.1) is 0 Å². The van der Waals surface area contributed by atoms with Crippen LogP contribution in [-0.2, 0) is 17.3 Å². The zero-order valence-electron chi connectivity index (χ0n) is 11.9. The molecule has 0 aliphatic rings. The summed E-state index contributed by atoms with van der Waals surface area (Å²) in [6.45, 7) is 8.98. The summed E-state index contributed by atoms with van der Waals surface area (Å²) in [6.07, 6.45) is 0.605. The number of aryl methyl sites for hydroxylation is 1. The highest BCUT2D eigenvalue weighted by Gasteiger charge is 2.40. The molecular formula is C13H22N2O3. The number of aliphatic carboxylic acids is 1. The van der Waals surface area contributed by atoms with Gasteiger partial charge in [-0.25, -0.2) is 0 Å². The number of aromatic nitrogens is 2. The first-order chi connectivity index (χ1) is 7.98. The normalized spacial score (nSPS) is 14.6. The summed E-state index contributed by atoms with van der Waals surface area (Å²) in [5, 5.41) is 23.9. The average Bonchev–Trinajstić information content (AvgIpc) is 2.58. The van der Waals surface area contributed by atoms with E-state index in [0.717, 1.165) is 5.69 Å². The monoisotopic (exact) mass is 254 g/mol. The molecular weight excluding hydrogens is 232 g/mol. The van der Waals surface area contributed by atoms with E-state index in [1.807, 2.05) is 20.8 Å². The Balaban J connectivity index is 3.30. The third-order valence-electron chi connectivity index (χ3n) is 3.10. The molecule has 5 heteroatoms. The van der Waals surface area contributed by atoms with Gasteiger partial charge < -0.3 is 10.2 Å². The van der Waals surface area contributed by atoms with E-state index >= 15 is 0 Å². The molecule has 0 saturated heterocycles. The van der Waals surface area contributed by atoms with Crippen LogP contribution < -0.4 is 0 Å². The van der Waals surface area contributed by atoms with Crippen molar-refractivity contribution in [3.63, 3.8) is 0 Å². The molecule has 2 N–H and O–H groups in total. The fraction of sp³-hybridized carbons (Fsp3) is 0.692. The number of carbonyl (C=O) groups is 1. The summed E-state index contributed by atoms with van der Waals surface area (Å²) in [7, 11) is 1.76. The molecule has 0 fully saturated rings. The van der Waals surface area contributed by atoms with Gasteiger partial charge in [0.05, 0.1) is 17.2 Å². The molecule has 0 radical (unpaired) electrons. The lowest BCUT2D eigenvalue weighted by atomic mass is 9.79. The highest BCUT2D eigenvalue weighted by atomic mass is 16.4. The Kier molecular flexibility index (Phi) is 3.58. The van der Waals surface area contributed by atoms with Gasteiger partial charge in [-0.2, -0.15) is 5.10 Å². The zero-order chi connectivity index (χ0) is 14.3. The molecule has 0 amide bonds. The Bertz CT molecular complexity index is 455. The number of hydrogen-bond acceptors (Lipinski definition) is 3. The Morgan fingerprint density at radius 2 is 1.83 bits per heavy atom. The Labute approximate surface area is 107 Å². The number of nitrogens with zero attached hydrogens (tertiary/aromatic N) is 2. The highest BCUT2D eigenvalue weighted by Crippen LogP contribution is 2.38. The van der Waals surface area contributed by atoms with E-state index in [1.54, 1.807) is 17.9 Å². The Morgan fingerprint density at radius 1 is 1.33 bits per heavy atom. The van der Waals surface area contributed by atoms with Crippen LogP contribution in [-0.4, -0.2) is 26.0 Å². The third kappa shape index (κ3) is 2.56. The molecule has 1 heterocycles. The fourth-order valence-corrected chi connectivity index (χ4v) is 1.80. The molecule has 1 aromatic rings. The summed E-state index contributed by atoms with van der Waals surface area (Å²) in [5.41, 5.74) is -0.181. The summed E-state index contributed by atoms with van der Waals surface area (Å²) in [6, 6.07) is 0. The van der Waals surface area contributed by atoms with Gasteiger partial charge in [0.15, 0.2) is 0 Å². The second-order valence-electron chi connectivity index (χ2n) is 6.29. The first-order valence-electron chi connectivity index (χ1n) is 5.93. The van der Waals surface area contributed by atoms with Crippen molar-refractivity contribution in [1.82, 2.24) is 9.78 Å². The number of aliphatic hydroxyl groups is 1. The van der Waals surface area contributed by atoms with Crippen molar-refractivity contribution in [2.75, 3.05) is 0 Å². The molecule has 0 aliphatic carbocycles. The van der Waals surface area contributed by atoms with Crippen molar-refractivity contribution in [2.24, 2.45) is 12.5 Å². The predicted molar refractivity (Wildman–Crippen MR) is 68.3 cm³/mol. The van der Waals surface area contributed by atoms with Crippen molar-refractivity contribution in [3.8, 4) is 0 Å². The van der Waals surface area contributed by atoms with Gasteiger partial charge in [-0.05, 0) is 13.8 Å². The summed E-state index contributed by atoms with van der Waals surface area (Å²) < 4.78 is 1.61. The molecule has 0 aliphatic heterocycles. The summed E-state index contributed by atoms with van der Waals surface area (Å²) in [4.78, 5) is 11.2. The van der Waals surface area contributed by atoms with Crippen LogP contribution in [0, 0.1) is 5.41 Å². The van der Waals surface area contributed by atoms with Gasteiger partial charge in [0, 0.05) is 24.2 Å². The van der Waals surface area contributed by atoms with Crippen LogP contribution in [0.4, 0.5) is 0 Å². The minimum Gasteiger partial charge on any atom is -0.481 e. The smallest absolute Gasteiger partial charge is 0.312 e. The molecule has 18 heavy (non-hydrogen) atoms. The SMILES string of the molecule is Cn1cc(C(O)C(C)(C)C(=O)O)c(C(C)(C)C)n1. The summed E-state index contributed by atoms with van der Waals surface area (Å²) in [5.74, 6) is -1.03. The van der Waals surface area contributed by atoms with E-state index < -0.39 is 17.5 Å². The quantitative estimate of drug-likeness (QED) is 0.863. The van der Waals surface area contributed by atoms with Crippen LogP contribution in [0.5, 0.6) is 0 Å². The standard InChI is InChI=1S/C13H22N2O3/c1-12(2,3)9-8(7-15(6)14-9)10(16)13(4,5)11(17)18/h7,10,16H,1-6H3,(H,17,18). The average molecular weight is 254 g/mol. The first-order valence-corrected chi connectivity index (χ1v) is 5.93. The van der Waals surface area contributed by atoms with Gasteiger partial charge in [-0.1, -0.05) is 20.8 Å². The van der Waals surface area contributed by atoms with E-state index in [0.29, 0.717) is 5.56 Å². The maximum absolute atomic E-state index is 11.2. The predicted octanol–water partition coefficient (Wildman–Crippen LogP) is 1.86. The molecule has 0 saturated carbocycles. The second kappa shape index (κ2) is 4.39. The molecule has 1 rings (SSSR count). The van der Waals surface area contributed by atoms with Crippen LogP contribution in [0.1, 0.15) is 52.0 Å². The molecule has 1 unspecified atom stereocenters. The maximum Gasteiger partial charge on any atom is 0.312 e. The number of carboxylic acid groups (broad SMARTS) is 1. The van der Waals surface area contributed by atoms with Crippen molar-refractivity contribution in [1.29, 1.82) is 0 Å². The number of rotatable bonds is 3. The first kappa shape index (κ1) is 14.7. The van der Waals surface area contributed by atoms with Gasteiger partial charge in [0.25, 0.3) is 0 Å². The van der Waals surface area contributed by atoms with Crippen molar-refractivity contribution in [2.45, 2.75) is 46.1 Å². The molecule has 0 aromatic carbocycles. The largest absolute Gasteiger partial charge is 0.481 e. The number of aliphatic hydroxyl groups excluding tert-OH is 1. The topological polar surface area (TPSA) is 75.4 Å². The Hall–Kier alpha value is -1.36. The summed E-state index contributed by atoms with van der Waals surface area (Å²) >= 11 is 0. The lowest BCUT2D eigenvalue weighted by Crippen LogP contribution is -2.32. The van der Waals surface area contributed by atoms with Crippen LogP contribution >= 0.6 is 0 Å². The Morgan fingerprint density at radius 3 is 2.22 bits per heavy atom. The van der Waals surface area contributed by atoms with Crippen LogP contribution in [0.15, 0.2) is 6.20 Å². The molecule has 0 spiro atoms. The van der Waals surface area contributed by atoms with E-state index in [9.17, 15) is 15.0 Å². The highest BCUT2D eigenvalue weighted by molar-refractivity contribution is 5.74. The van der Waals surface area contributed by atoms with Crippen molar-refractivity contribution in [3.05, 3.63) is 17.5 Å². The van der Waals surface area contributed by atoms with E-state index in [1.165, 1.54) is 13.8 Å². The van der Waals surface area contributed by atoms with Crippen molar-refractivity contribution < 1.29 is 15.0 Å². The maximum atomic E-state index is 11.2. The van der Waals surface area contributed by atoms with E-state index in [-0.39, 0.29) is 5.41 Å². The van der Waals surface area contributed by atoms with E-state index in [4.69, 9.17) is 0 Å². The lowest BCUT2D eigenvalue weighted by molar-refractivity contribution is -0.153. The third-order valence-corrected chi connectivity index (χ3v) is 3.10. The minimum atomic E-state index is -1.25. The zero-order valence-corrected chi connectivity index (χ0v) is 11.9. The lowest BCUT2D eigenvalue weighted by Gasteiger charge is -2.28. The van der Waals surface area contributed by atoms with Crippen LogP contribution in [0.25, 0.3) is 0 Å². The molecule has 5 nitrogen and oxygen atoms in total. The minimum absolute atomic E-state index is 0.244. The van der Waals surface area contributed by atoms with Gasteiger partial charge in [0.1, 0.15) is 0 Å². The van der Waals surface area contributed by atoms with Gasteiger partial charge in [0.2, 0.25) is 0 Å². The molecule has 1 atom stereocenters. The van der Waals surface area contributed by atoms with E-state index in [2.05, 4.69) is 5.10 Å². The molecule has 0 bridgehead atoms. The van der Waals surface area contributed by atoms with Gasteiger partial charge in [-0.3, -0.25) is 9.48 Å². The van der Waals surface area contributed by atoms with Crippen molar-refractivity contribution >= 4 is 5.97 Å². The number of carboxylic acids is 1.